The highest BCUT2D eigenvalue weighted by molar-refractivity contribution is 9.10. The van der Waals surface area contributed by atoms with Crippen LogP contribution in [-0.4, -0.2) is 29.9 Å². The Kier molecular flexibility index (Phi) is 7.28. The van der Waals surface area contributed by atoms with Crippen LogP contribution in [0.2, 0.25) is 5.02 Å². The summed E-state index contributed by atoms with van der Waals surface area (Å²) in [5.41, 5.74) is 2.80. The summed E-state index contributed by atoms with van der Waals surface area (Å²) in [7, 11) is 1.23. The van der Waals surface area contributed by atoms with Crippen molar-refractivity contribution in [3.63, 3.8) is 0 Å². The highest BCUT2D eigenvalue weighted by atomic mass is 79.9. The molecule has 8 nitrogen and oxygen atoms in total. The van der Waals surface area contributed by atoms with Crippen LogP contribution in [0.5, 0.6) is 5.75 Å². The first-order chi connectivity index (χ1) is 16.7. The number of hydrogen-bond acceptors (Lipinski definition) is 6. The smallest absolute Gasteiger partial charge is 0.373 e. The largest absolute Gasteiger partial charge is 0.486 e. The normalized spacial score (nSPS) is 14.4. The molecular weight excluding hydrogens is 540 g/mol. The zero-order chi connectivity index (χ0) is 25.1. The number of nitrogens with one attached hydrogen (secondary N) is 1. The molecule has 0 bridgehead atoms. The Hall–Kier alpha value is -3.56. The Balaban J connectivity index is 1.48. The zero-order valence-electron chi connectivity index (χ0n) is 18.8. The number of methoxy groups -OCH3 is 1. The molecule has 4 rings (SSSR count). The van der Waals surface area contributed by atoms with Gasteiger partial charge in [-0.1, -0.05) is 41.4 Å². The number of halogens is 2. The number of carbonyl (C=O) groups is 3. The zero-order valence-corrected chi connectivity index (χ0v) is 21.1. The SMILES string of the molecule is COC(=O)c1ccc(CN2C(=O)N/C(=C\c3cc(Cl)c(OCc4cccc(C)c4)c(Br)c3)C2=O)o1. The lowest BCUT2D eigenvalue weighted by Gasteiger charge is -2.12. The van der Waals surface area contributed by atoms with E-state index in [2.05, 4.69) is 26.0 Å². The second-order valence-corrected chi connectivity index (χ2v) is 8.99. The average molecular weight is 560 g/mol. The molecule has 0 spiro atoms. The predicted octanol–water partition coefficient (Wildman–Crippen LogP) is 5.46. The molecule has 1 aliphatic rings. The molecule has 1 saturated heterocycles. The van der Waals surface area contributed by atoms with Crippen molar-refractivity contribution in [1.29, 1.82) is 0 Å². The van der Waals surface area contributed by atoms with Gasteiger partial charge in [0, 0.05) is 0 Å². The topological polar surface area (TPSA) is 98.1 Å². The van der Waals surface area contributed by atoms with Gasteiger partial charge in [-0.05, 0) is 64.3 Å². The summed E-state index contributed by atoms with van der Waals surface area (Å²) in [5.74, 6) is -0.482. The molecule has 1 N–H and O–H groups in total. The number of furan rings is 1. The maximum Gasteiger partial charge on any atom is 0.373 e. The molecule has 3 amide bonds. The first-order valence-corrected chi connectivity index (χ1v) is 11.6. The summed E-state index contributed by atoms with van der Waals surface area (Å²) in [6, 6.07) is 13.6. The lowest BCUT2D eigenvalue weighted by molar-refractivity contribution is -0.123. The highest BCUT2D eigenvalue weighted by Crippen LogP contribution is 2.36. The van der Waals surface area contributed by atoms with Gasteiger partial charge in [-0.2, -0.15) is 0 Å². The van der Waals surface area contributed by atoms with Gasteiger partial charge in [0.25, 0.3) is 5.91 Å². The number of esters is 1. The molecular formula is C25H20BrClN2O6. The third-order valence-electron chi connectivity index (χ3n) is 5.12. The molecule has 0 aliphatic carbocycles. The Morgan fingerprint density at radius 1 is 1.20 bits per heavy atom. The summed E-state index contributed by atoms with van der Waals surface area (Å²) in [5, 5.41) is 2.89. The fourth-order valence-electron chi connectivity index (χ4n) is 3.47. The second-order valence-electron chi connectivity index (χ2n) is 7.73. The molecule has 0 radical (unpaired) electrons. The van der Waals surface area contributed by atoms with Crippen LogP contribution >= 0.6 is 27.5 Å². The van der Waals surface area contributed by atoms with Gasteiger partial charge in [-0.15, -0.1) is 0 Å². The van der Waals surface area contributed by atoms with Crippen molar-refractivity contribution >= 4 is 51.5 Å². The van der Waals surface area contributed by atoms with E-state index in [1.165, 1.54) is 25.3 Å². The quantitative estimate of drug-likeness (QED) is 0.234. The van der Waals surface area contributed by atoms with E-state index in [1.807, 2.05) is 31.2 Å². The van der Waals surface area contributed by atoms with Crippen molar-refractivity contribution in [2.75, 3.05) is 7.11 Å². The molecule has 0 unspecified atom stereocenters. The van der Waals surface area contributed by atoms with Crippen LogP contribution < -0.4 is 10.1 Å². The molecule has 10 heteroatoms. The number of nitrogens with zero attached hydrogens (tertiary/aromatic N) is 1. The molecule has 2 heterocycles. The van der Waals surface area contributed by atoms with Crippen molar-refractivity contribution in [2.24, 2.45) is 0 Å². The molecule has 1 fully saturated rings. The van der Waals surface area contributed by atoms with Crippen molar-refractivity contribution < 1.29 is 28.3 Å². The molecule has 180 valence electrons. The van der Waals surface area contributed by atoms with Crippen LogP contribution in [0.1, 0.15) is 33.0 Å². The number of imide groups is 1. The number of ether oxygens (including phenoxy) is 2. The third-order valence-corrected chi connectivity index (χ3v) is 5.99. The lowest BCUT2D eigenvalue weighted by atomic mass is 10.1. The van der Waals surface area contributed by atoms with Gasteiger partial charge in [0.15, 0.2) is 5.75 Å². The van der Waals surface area contributed by atoms with Crippen LogP contribution in [0.4, 0.5) is 4.79 Å². The maximum absolute atomic E-state index is 12.8. The van der Waals surface area contributed by atoms with E-state index in [9.17, 15) is 14.4 Å². The number of amides is 3. The fraction of sp³-hybridized carbons (Fsp3) is 0.160. The average Bonchev–Trinajstić information content (AvgIpc) is 3.38. The van der Waals surface area contributed by atoms with Crippen LogP contribution in [0.25, 0.3) is 6.08 Å². The number of benzene rings is 2. The number of aryl methyl sites for hydroxylation is 1. The standard InChI is InChI=1S/C25H20BrClN2O6/c1-14-4-3-5-15(8-14)13-34-22-18(26)9-16(10-19(22)27)11-20-23(30)29(25(32)28-20)12-17-6-7-21(35-17)24(31)33-2/h3-11H,12-13H2,1-2H3,(H,28,32)/b20-11-. The van der Waals surface area contributed by atoms with Crippen LogP contribution in [-0.2, 0) is 22.7 Å². The van der Waals surface area contributed by atoms with Gasteiger partial charge in [0.2, 0.25) is 5.76 Å². The fourth-order valence-corrected chi connectivity index (χ4v) is 4.46. The van der Waals surface area contributed by atoms with E-state index in [0.717, 1.165) is 16.0 Å². The van der Waals surface area contributed by atoms with E-state index in [0.29, 0.717) is 27.4 Å². The van der Waals surface area contributed by atoms with Crippen molar-refractivity contribution in [1.82, 2.24) is 10.2 Å². The molecule has 0 saturated carbocycles. The maximum atomic E-state index is 12.8. The van der Waals surface area contributed by atoms with E-state index in [-0.39, 0.29) is 23.8 Å². The van der Waals surface area contributed by atoms with Crippen molar-refractivity contribution in [3.05, 3.63) is 91.9 Å². The number of rotatable bonds is 7. The summed E-state index contributed by atoms with van der Waals surface area (Å²) < 4.78 is 16.4. The Morgan fingerprint density at radius 3 is 2.71 bits per heavy atom. The van der Waals surface area contributed by atoms with Crippen LogP contribution in [0.15, 0.2) is 63.1 Å². The minimum Gasteiger partial charge on any atom is -0.486 e. The number of hydrogen-bond donors (Lipinski definition) is 1. The van der Waals surface area contributed by atoms with Crippen molar-refractivity contribution in [2.45, 2.75) is 20.1 Å². The minimum absolute atomic E-state index is 0.0190. The first kappa shape index (κ1) is 24.6. The summed E-state index contributed by atoms with van der Waals surface area (Å²) in [6.45, 7) is 2.21. The van der Waals surface area contributed by atoms with Gasteiger partial charge in [-0.25, -0.2) is 9.59 Å². The van der Waals surface area contributed by atoms with Gasteiger partial charge in [0.05, 0.1) is 23.1 Å². The molecule has 1 aromatic heterocycles. The monoisotopic (exact) mass is 558 g/mol. The van der Waals surface area contributed by atoms with E-state index >= 15 is 0 Å². The van der Waals surface area contributed by atoms with Gasteiger partial charge >= 0.3 is 12.0 Å². The Bertz CT molecular complexity index is 1330. The number of urea groups is 1. The second kappa shape index (κ2) is 10.4. The predicted molar refractivity (Wildman–Crippen MR) is 132 cm³/mol. The molecule has 35 heavy (non-hydrogen) atoms. The summed E-state index contributed by atoms with van der Waals surface area (Å²) in [4.78, 5) is 37.7. The van der Waals surface area contributed by atoms with Crippen LogP contribution in [0, 0.1) is 6.92 Å². The van der Waals surface area contributed by atoms with Gasteiger partial charge in [0.1, 0.15) is 18.1 Å². The molecule has 1 aliphatic heterocycles. The van der Waals surface area contributed by atoms with Gasteiger partial charge < -0.3 is 19.2 Å². The minimum atomic E-state index is -0.650. The van der Waals surface area contributed by atoms with Crippen molar-refractivity contribution in [3.8, 4) is 5.75 Å². The molecule has 2 aromatic carbocycles. The lowest BCUT2D eigenvalue weighted by Crippen LogP contribution is -2.30. The highest BCUT2D eigenvalue weighted by Gasteiger charge is 2.34. The van der Waals surface area contributed by atoms with Crippen LogP contribution in [0.3, 0.4) is 0 Å². The Labute approximate surface area is 214 Å². The third kappa shape index (κ3) is 5.58. The van der Waals surface area contributed by atoms with E-state index in [4.69, 9.17) is 20.8 Å². The summed E-state index contributed by atoms with van der Waals surface area (Å²) >= 11 is 9.91. The van der Waals surface area contributed by atoms with E-state index in [1.54, 1.807) is 12.1 Å². The first-order valence-electron chi connectivity index (χ1n) is 10.4. The summed E-state index contributed by atoms with van der Waals surface area (Å²) in [6.07, 6.45) is 1.52. The number of carbonyl (C=O) groups excluding carboxylic acids is 3. The Morgan fingerprint density at radius 2 is 2.00 bits per heavy atom. The molecule has 3 aromatic rings. The van der Waals surface area contributed by atoms with Gasteiger partial charge in [-0.3, -0.25) is 9.69 Å². The molecule has 0 atom stereocenters. The van der Waals surface area contributed by atoms with E-state index < -0.39 is 17.9 Å².